The molecule has 0 spiro atoms. The molecule has 0 aliphatic heterocycles. The number of rotatable bonds is 3. The molecule has 2 rings (SSSR count). The van der Waals surface area contributed by atoms with Crippen molar-refractivity contribution in [2.75, 3.05) is 0 Å². The van der Waals surface area contributed by atoms with Gasteiger partial charge in [0.1, 0.15) is 0 Å². The Hall–Kier alpha value is -1.06. The summed E-state index contributed by atoms with van der Waals surface area (Å²) in [5.41, 5.74) is 0. The Kier molecular flexibility index (Phi) is 3.93. The van der Waals surface area contributed by atoms with E-state index in [1.165, 1.54) is 0 Å². The zero-order valence-corrected chi connectivity index (χ0v) is 10.8. The van der Waals surface area contributed by atoms with Gasteiger partial charge >= 0.3 is 11.9 Å². The van der Waals surface area contributed by atoms with Gasteiger partial charge < -0.3 is 10.2 Å². The topological polar surface area (TPSA) is 74.6 Å². The van der Waals surface area contributed by atoms with Crippen LogP contribution in [0.1, 0.15) is 45.4 Å². The Morgan fingerprint density at radius 3 is 2.28 bits per heavy atom. The summed E-state index contributed by atoms with van der Waals surface area (Å²) in [5.74, 6) is -0.973. The van der Waals surface area contributed by atoms with E-state index in [0.717, 1.165) is 32.1 Å². The molecule has 102 valence electrons. The maximum Gasteiger partial charge on any atom is 0.306 e. The SMILES string of the molecule is CC1CCC(C(=O)O)CC1C1CCCC1C(=O)O. The van der Waals surface area contributed by atoms with Gasteiger partial charge in [-0.25, -0.2) is 0 Å². The van der Waals surface area contributed by atoms with Gasteiger partial charge in [-0.05, 0) is 49.9 Å². The van der Waals surface area contributed by atoms with Gasteiger partial charge in [-0.15, -0.1) is 0 Å². The van der Waals surface area contributed by atoms with E-state index in [4.69, 9.17) is 5.11 Å². The van der Waals surface area contributed by atoms with Crippen LogP contribution in [0.4, 0.5) is 0 Å². The molecule has 0 bridgehead atoms. The minimum absolute atomic E-state index is 0.194. The van der Waals surface area contributed by atoms with Crippen molar-refractivity contribution in [2.24, 2.45) is 29.6 Å². The maximum absolute atomic E-state index is 11.3. The molecule has 4 nitrogen and oxygen atoms in total. The molecule has 2 saturated carbocycles. The largest absolute Gasteiger partial charge is 0.481 e. The van der Waals surface area contributed by atoms with E-state index in [1.807, 2.05) is 0 Å². The standard InChI is InChI=1S/C14H22O4/c1-8-5-6-9(13(15)16)7-12(8)10-3-2-4-11(10)14(17)18/h8-12H,2-7H2,1H3,(H,15,16)(H,17,18). The van der Waals surface area contributed by atoms with Gasteiger partial charge in [-0.3, -0.25) is 9.59 Å². The molecular formula is C14H22O4. The number of carbonyl (C=O) groups is 2. The van der Waals surface area contributed by atoms with E-state index < -0.39 is 11.9 Å². The highest BCUT2D eigenvalue weighted by Gasteiger charge is 2.43. The van der Waals surface area contributed by atoms with E-state index in [0.29, 0.717) is 12.3 Å². The van der Waals surface area contributed by atoms with Crippen LogP contribution in [0.3, 0.4) is 0 Å². The van der Waals surface area contributed by atoms with Crippen LogP contribution in [-0.2, 0) is 9.59 Å². The van der Waals surface area contributed by atoms with Crippen LogP contribution in [0.5, 0.6) is 0 Å². The summed E-state index contributed by atoms with van der Waals surface area (Å²) in [6.07, 6.45) is 5.04. The highest BCUT2D eigenvalue weighted by molar-refractivity contribution is 5.71. The van der Waals surface area contributed by atoms with E-state index >= 15 is 0 Å². The molecule has 0 radical (unpaired) electrons. The summed E-state index contributed by atoms with van der Waals surface area (Å²) in [4.78, 5) is 22.4. The monoisotopic (exact) mass is 254 g/mol. The second kappa shape index (κ2) is 5.29. The fourth-order valence-corrected chi connectivity index (χ4v) is 3.99. The highest BCUT2D eigenvalue weighted by Crippen LogP contribution is 2.46. The van der Waals surface area contributed by atoms with Gasteiger partial charge in [0.15, 0.2) is 0 Å². The van der Waals surface area contributed by atoms with Crippen LogP contribution in [0, 0.1) is 29.6 Å². The molecule has 18 heavy (non-hydrogen) atoms. The molecule has 0 saturated heterocycles. The minimum Gasteiger partial charge on any atom is -0.481 e. The fourth-order valence-electron chi connectivity index (χ4n) is 3.99. The number of hydrogen-bond acceptors (Lipinski definition) is 2. The molecule has 0 amide bonds. The first kappa shape index (κ1) is 13.4. The lowest BCUT2D eigenvalue weighted by Crippen LogP contribution is -2.35. The molecule has 0 aromatic rings. The first-order chi connectivity index (χ1) is 8.50. The van der Waals surface area contributed by atoms with Gasteiger partial charge in [-0.2, -0.15) is 0 Å². The number of carboxylic acids is 2. The summed E-state index contributed by atoms with van der Waals surface area (Å²) in [5, 5.41) is 18.4. The second-order valence-electron chi connectivity index (χ2n) is 6.03. The van der Waals surface area contributed by atoms with Gasteiger partial charge in [-0.1, -0.05) is 13.3 Å². The van der Waals surface area contributed by atoms with E-state index in [2.05, 4.69) is 6.92 Å². The molecule has 2 N–H and O–H groups in total. The van der Waals surface area contributed by atoms with Gasteiger partial charge in [0, 0.05) is 0 Å². The third-order valence-electron chi connectivity index (χ3n) is 5.04. The van der Waals surface area contributed by atoms with Crippen molar-refractivity contribution in [1.29, 1.82) is 0 Å². The predicted molar refractivity (Wildman–Crippen MR) is 66.1 cm³/mol. The van der Waals surface area contributed by atoms with Crippen LogP contribution < -0.4 is 0 Å². The summed E-state index contributed by atoms with van der Waals surface area (Å²) in [6, 6.07) is 0. The Bertz CT molecular complexity index is 339. The molecule has 2 fully saturated rings. The van der Waals surface area contributed by atoms with Crippen LogP contribution >= 0.6 is 0 Å². The van der Waals surface area contributed by atoms with Crippen molar-refractivity contribution in [3.05, 3.63) is 0 Å². The van der Waals surface area contributed by atoms with Crippen LogP contribution in [0.25, 0.3) is 0 Å². The minimum atomic E-state index is -0.711. The van der Waals surface area contributed by atoms with E-state index in [-0.39, 0.29) is 23.7 Å². The maximum atomic E-state index is 11.3. The molecule has 0 aromatic heterocycles. The van der Waals surface area contributed by atoms with Gasteiger partial charge in [0.25, 0.3) is 0 Å². The van der Waals surface area contributed by atoms with Crippen molar-refractivity contribution < 1.29 is 19.8 Å². The Morgan fingerprint density at radius 2 is 1.67 bits per heavy atom. The molecule has 0 heterocycles. The lowest BCUT2D eigenvalue weighted by atomic mass is 9.67. The number of aliphatic carboxylic acids is 2. The van der Waals surface area contributed by atoms with Gasteiger partial charge in [0.2, 0.25) is 0 Å². The van der Waals surface area contributed by atoms with Crippen molar-refractivity contribution >= 4 is 11.9 Å². The third-order valence-corrected chi connectivity index (χ3v) is 5.04. The molecule has 5 unspecified atom stereocenters. The van der Waals surface area contributed by atoms with Crippen molar-refractivity contribution in [2.45, 2.75) is 45.4 Å². The Morgan fingerprint density at radius 1 is 0.944 bits per heavy atom. The predicted octanol–water partition coefficient (Wildman–Crippen LogP) is 2.62. The molecule has 5 atom stereocenters. The normalized spacial score (nSPS) is 40.6. The van der Waals surface area contributed by atoms with E-state index in [9.17, 15) is 14.7 Å². The Labute approximate surface area is 107 Å². The summed E-state index contributed by atoms with van der Waals surface area (Å²) in [7, 11) is 0. The Balaban J connectivity index is 2.09. The molecule has 4 heteroatoms. The smallest absolute Gasteiger partial charge is 0.306 e. The van der Waals surface area contributed by atoms with Crippen LogP contribution in [-0.4, -0.2) is 22.2 Å². The van der Waals surface area contributed by atoms with Gasteiger partial charge in [0.05, 0.1) is 11.8 Å². The van der Waals surface area contributed by atoms with E-state index in [1.54, 1.807) is 0 Å². The van der Waals surface area contributed by atoms with Crippen molar-refractivity contribution in [3.63, 3.8) is 0 Å². The van der Waals surface area contributed by atoms with Crippen molar-refractivity contribution in [1.82, 2.24) is 0 Å². The quantitative estimate of drug-likeness (QED) is 0.811. The highest BCUT2D eigenvalue weighted by atomic mass is 16.4. The van der Waals surface area contributed by atoms with Crippen molar-refractivity contribution in [3.8, 4) is 0 Å². The summed E-state index contributed by atoms with van der Waals surface area (Å²) < 4.78 is 0. The summed E-state index contributed by atoms with van der Waals surface area (Å²) >= 11 is 0. The lowest BCUT2D eigenvalue weighted by Gasteiger charge is -2.38. The lowest BCUT2D eigenvalue weighted by molar-refractivity contribution is -0.145. The summed E-state index contributed by atoms with van der Waals surface area (Å²) in [6.45, 7) is 2.15. The zero-order chi connectivity index (χ0) is 13.3. The average molecular weight is 254 g/mol. The first-order valence-corrected chi connectivity index (χ1v) is 6.96. The van der Waals surface area contributed by atoms with Crippen LogP contribution in [0.15, 0.2) is 0 Å². The van der Waals surface area contributed by atoms with Crippen LogP contribution in [0.2, 0.25) is 0 Å². The molecule has 2 aliphatic carbocycles. The average Bonchev–Trinajstić information content (AvgIpc) is 2.78. The number of carboxylic acid groups (broad SMARTS) is 2. The zero-order valence-electron chi connectivity index (χ0n) is 10.8. The third kappa shape index (κ3) is 2.52. The molecule has 2 aliphatic rings. The second-order valence-corrected chi connectivity index (χ2v) is 6.03. The molecule has 0 aromatic carbocycles. The first-order valence-electron chi connectivity index (χ1n) is 6.96. The fraction of sp³-hybridized carbons (Fsp3) is 0.857. The number of hydrogen-bond donors (Lipinski definition) is 2. The molecular weight excluding hydrogens is 232 g/mol.